The van der Waals surface area contributed by atoms with Gasteiger partial charge in [-0.2, -0.15) is 13.2 Å². The predicted molar refractivity (Wildman–Crippen MR) is 205 cm³/mol. The molecule has 2 aromatic carbocycles. The summed E-state index contributed by atoms with van der Waals surface area (Å²) in [5, 5.41) is 4.48. The van der Waals surface area contributed by atoms with Crippen molar-refractivity contribution in [1.82, 2.24) is 25.2 Å². The first-order valence-electron chi connectivity index (χ1n) is 19.5. The molecule has 0 radical (unpaired) electrons. The average Bonchev–Trinajstić information content (AvgIpc) is 4.08. The summed E-state index contributed by atoms with van der Waals surface area (Å²) in [6.45, 7) is 1.56. The van der Waals surface area contributed by atoms with Crippen molar-refractivity contribution in [1.29, 1.82) is 0 Å². The van der Waals surface area contributed by atoms with Gasteiger partial charge in [-0.15, -0.1) is 0 Å². The SMILES string of the molecule is Cc1ccc2oc3c(O[C@@H]4C[C@H]5C(=O)N[C@]6(C(=O)NS(=O)(=O)C7CC7)C[C@H]6/C=C\CCCCC[C@H](NC(=O)C(F)(F)F)C(=O)N5C4)cc(-c4ccc(F)cc4)nc3c2c1. The second kappa shape index (κ2) is 15.3. The highest BCUT2D eigenvalue weighted by Crippen LogP contribution is 2.46. The van der Waals surface area contributed by atoms with E-state index in [1.54, 1.807) is 24.3 Å². The minimum absolute atomic E-state index is 0.0683. The van der Waals surface area contributed by atoms with Crippen LogP contribution in [0.3, 0.4) is 0 Å². The minimum atomic E-state index is -5.29. The molecule has 4 aromatic rings. The van der Waals surface area contributed by atoms with Crippen LogP contribution in [-0.4, -0.2) is 83.6 Å². The van der Waals surface area contributed by atoms with E-state index in [0.29, 0.717) is 59.8 Å². The quantitative estimate of drug-likeness (QED) is 0.160. The van der Waals surface area contributed by atoms with Crippen molar-refractivity contribution in [2.45, 2.75) is 99.9 Å². The highest BCUT2D eigenvalue weighted by atomic mass is 32.2. The summed E-state index contributed by atoms with van der Waals surface area (Å²) in [6, 6.07) is 9.58. The molecule has 8 rings (SSSR count). The molecule has 4 aliphatic rings. The first-order valence-corrected chi connectivity index (χ1v) is 21.1. The number of nitrogens with one attached hydrogen (secondary N) is 3. The van der Waals surface area contributed by atoms with E-state index in [0.717, 1.165) is 10.5 Å². The zero-order chi connectivity index (χ0) is 41.9. The number of fused-ring (bicyclic) bond motifs is 5. The lowest BCUT2D eigenvalue weighted by Crippen LogP contribution is -2.58. The maximum atomic E-state index is 14.4. The first-order chi connectivity index (χ1) is 28.0. The average molecular weight is 840 g/mol. The third-order valence-corrected chi connectivity index (χ3v) is 13.2. The van der Waals surface area contributed by atoms with Gasteiger partial charge in [-0.05, 0) is 81.8 Å². The number of carbonyl (C=O) groups is 4. The smallest absolute Gasteiger partial charge is 0.471 e. The number of furan rings is 1. The lowest BCUT2D eigenvalue weighted by atomic mass is 10.0. The van der Waals surface area contributed by atoms with Gasteiger partial charge in [-0.3, -0.25) is 23.9 Å². The number of allylic oxidation sites excluding steroid dienone is 1. The van der Waals surface area contributed by atoms with E-state index in [4.69, 9.17) is 14.1 Å². The molecule has 4 heterocycles. The molecule has 3 N–H and O–H groups in total. The number of nitrogens with zero attached hydrogens (tertiary/aromatic N) is 2. The summed E-state index contributed by atoms with van der Waals surface area (Å²) >= 11 is 0. The normalized spacial score (nSPS) is 25.9. The Morgan fingerprint density at radius 3 is 2.53 bits per heavy atom. The van der Waals surface area contributed by atoms with Gasteiger partial charge in [0.05, 0.1) is 17.5 Å². The lowest BCUT2D eigenvalue weighted by molar-refractivity contribution is -0.175. The van der Waals surface area contributed by atoms with Crippen molar-refractivity contribution in [2.75, 3.05) is 6.54 Å². The number of alkyl halides is 3. The van der Waals surface area contributed by atoms with Gasteiger partial charge in [0, 0.05) is 29.4 Å². The van der Waals surface area contributed by atoms with E-state index in [9.17, 15) is 45.2 Å². The Balaban J connectivity index is 1.16. The summed E-state index contributed by atoms with van der Waals surface area (Å²) in [4.78, 5) is 60.6. The number of pyridine rings is 1. The first kappa shape index (κ1) is 40.3. The molecule has 4 amide bonds. The van der Waals surface area contributed by atoms with E-state index in [1.807, 2.05) is 24.4 Å². The number of benzene rings is 2. The monoisotopic (exact) mass is 839 g/mol. The van der Waals surface area contributed by atoms with Crippen molar-refractivity contribution in [3.05, 3.63) is 72.1 Å². The Bertz CT molecular complexity index is 2490. The maximum absolute atomic E-state index is 14.4. The van der Waals surface area contributed by atoms with Gasteiger partial charge in [0.15, 0.2) is 11.3 Å². The third kappa shape index (κ3) is 8.23. The Kier molecular flexibility index (Phi) is 10.4. The standard InChI is InChI=1S/C41H41F4N5O8S/c1-22-9-16-32-28(17-22)34-35(58-32)33(19-30(46-34)23-10-12-25(42)13-11-23)57-26-18-31-36(51)48-40(38(53)49-59(55,56)27-14-15-27)20-24(40)7-5-3-2-4-6-8-29(37(52)50(31)21-26)47-39(54)41(43,44)45/h5,7,9-13,16-17,19,24,26-27,29,31H,2-4,6,8,14-15,18,20-21H2,1H3,(H,47,54)(H,48,51)(H,49,53)/b7-5-/t24-,26-,29+,31+,40-/m1/s1. The molecule has 13 nitrogen and oxygen atoms in total. The van der Waals surface area contributed by atoms with E-state index in [2.05, 4.69) is 10.0 Å². The molecule has 3 fully saturated rings. The zero-order valence-electron chi connectivity index (χ0n) is 31.8. The number of sulfonamides is 1. The second-order valence-electron chi connectivity index (χ2n) is 15.8. The van der Waals surface area contributed by atoms with Crippen LogP contribution in [0.15, 0.2) is 65.1 Å². The van der Waals surface area contributed by atoms with Crippen molar-refractivity contribution in [3.63, 3.8) is 0 Å². The van der Waals surface area contributed by atoms with Crippen LogP contribution < -0.4 is 20.1 Å². The number of carbonyl (C=O) groups excluding carboxylic acids is 4. The fraction of sp³-hybridized carbons (Fsp3) is 0.439. The third-order valence-electron chi connectivity index (χ3n) is 11.4. The fourth-order valence-electron chi connectivity index (χ4n) is 7.94. The number of ether oxygens (including phenoxy) is 1. The fourth-order valence-corrected chi connectivity index (χ4v) is 9.31. The summed E-state index contributed by atoms with van der Waals surface area (Å²) < 4.78 is 95.1. The Morgan fingerprint density at radius 1 is 1.03 bits per heavy atom. The van der Waals surface area contributed by atoms with E-state index in [1.165, 1.54) is 24.3 Å². The number of halogens is 4. The van der Waals surface area contributed by atoms with E-state index >= 15 is 0 Å². The Morgan fingerprint density at radius 2 is 1.80 bits per heavy atom. The van der Waals surface area contributed by atoms with Gasteiger partial charge in [0.1, 0.15) is 40.6 Å². The molecule has 0 spiro atoms. The van der Waals surface area contributed by atoms with Gasteiger partial charge in [0.25, 0.3) is 5.91 Å². The minimum Gasteiger partial charge on any atom is -0.484 e. The number of hydrogen-bond acceptors (Lipinski definition) is 9. The predicted octanol–water partition coefficient (Wildman–Crippen LogP) is 5.49. The summed E-state index contributed by atoms with van der Waals surface area (Å²) in [5.41, 5.74) is 1.29. The van der Waals surface area contributed by atoms with Crippen molar-refractivity contribution in [3.8, 4) is 17.0 Å². The van der Waals surface area contributed by atoms with Crippen LogP contribution in [-0.2, 0) is 29.2 Å². The summed E-state index contributed by atoms with van der Waals surface area (Å²) in [5.74, 6) is -5.95. The van der Waals surface area contributed by atoms with Crippen LogP contribution in [0, 0.1) is 18.7 Å². The van der Waals surface area contributed by atoms with Gasteiger partial charge < -0.3 is 24.7 Å². The topological polar surface area (TPSA) is 177 Å². The number of aromatic nitrogens is 1. The Labute approximate surface area is 336 Å². The van der Waals surface area contributed by atoms with Crippen LogP contribution >= 0.6 is 0 Å². The van der Waals surface area contributed by atoms with Crippen molar-refractivity contribution < 1.29 is 54.3 Å². The molecule has 2 aliphatic carbocycles. The van der Waals surface area contributed by atoms with Crippen LogP contribution in [0.2, 0.25) is 0 Å². The summed E-state index contributed by atoms with van der Waals surface area (Å²) in [7, 11) is -4.01. The van der Waals surface area contributed by atoms with Crippen LogP contribution in [0.4, 0.5) is 17.6 Å². The maximum Gasteiger partial charge on any atom is 0.471 e. The molecule has 59 heavy (non-hydrogen) atoms. The van der Waals surface area contributed by atoms with Gasteiger partial charge in [-0.1, -0.05) is 36.6 Å². The van der Waals surface area contributed by atoms with Crippen molar-refractivity contribution >= 4 is 55.7 Å². The Hall–Kier alpha value is -5.52. The van der Waals surface area contributed by atoms with Crippen LogP contribution in [0.1, 0.15) is 63.4 Å². The molecule has 18 heteroatoms. The van der Waals surface area contributed by atoms with Crippen LogP contribution in [0.5, 0.6) is 5.75 Å². The lowest BCUT2D eigenvalue weighted by Gasteiger charge is -2.30. The van der Waals surface area contributed by atoms with Gasteiger partial charge in [-0.25, -0.2) is 17.8 Å². The van der Waals surface area contributed by atoms with Crippen molar-refractivity contribution in [2.24, 2.45) is 5.92 Å². The zero-order valence-corrected chi connectivity index (χ0v) is 32.6. The number of hydrogen-bond donors (Lipinski definition) is 3. The summed E-state index contributed by atoms with van der Waals surface area (Å²) in [6.07, 6.45) is -0.427. The largest absolute Gasteiger partial charge is 0.484 e. The van der Waals surface area contributed by atoms with Gasteiger partial charge >= 0.3 is 12.1 Å². The molecular formula is C41H41F4N5O8S. The molecule has 1 saturated heterocycles. The molecule has 312 valence electrons. The highest BCUT2D eigenvalue weighted by Gasteiger charge is 2.62. The molecule has 2 aromatic heterocycles. The molecule has 2 aliphatic heterocycles. The molecule has 2 saturated carbocycles. The van der Waals surface area contributed by atoms with E-state index in [-0.39, 0.29) is 43.6 Å². The number of amides is 4. The second-order valence-corrected chi connectivity index (χ2v) is 17.8. The molecule has 0 unspecified atom stereocenters. The van der Waals surface area contributed by atoms with E-state index < -0.39 is 80.5 Å². The van der Waals surface area contributed by atoms with Crippen LogP contribution in [0.25, 0.3) is 33.3 Å². The number of aryl methyl sites for hydroxylation is 1. The highest BCUT2D eigenvalue weighted by molar-refractivity contribution is 7.91. The molecular weight excluding hydrogens is 799 g/mol. The molecule has 0 bridgehead atoms. The van der Waals surface area contributed by atoms with Gasteiger partial charge in [0.2, 0.25) is 21.8 Å². The number of rotatable bonds is 7. The molecule has 5 atom stereocenters.